The number of para-hydroxylation sites is 1. The number of ether oxygens (including phenoxy) is 1. The Bertz CT molecular complexity index is 591. The predicted octanol–water partition coefficient (Wildman–Crippen LogP) is -0.408. The normalized spacial score (nSPS) is 11.0. The predicted molar refractivity (Wildman–Crippen MR) is 86.4 cm³/mol. The molecule has 0 heterocycles. The summed E-state index contributed by atoms with van der Waals surface area (Å²) in [7, 11) is -4.68. The number of nitrogens with zero attached hydrogens (tertiary/aromatic N) is 1. The second kappa shape index (κ2) is 10.8. The van der Waals surface area contributed by atoms with Crippen molar-refractivity contribution in [3.63, 3.8) is 0 Å². The summed E-state index contributed by atoms with van der Waals surface area (Å²) in [4.78, 5) is 43.9. The maximum Gasteiger partial charge on any atom is 0.231 e. The third-order valence-electron chi connectivity index (χ3n) is 3.07. The van der Waals surface area contributed by atoms with E-state index in [0.717, 1.165) is 0 Å². The second-order valence-corrected chi connectivity index (χ2v) is 6.89. The van der Waals surface area contributed by atoms with E-state index < -0.39 is 38.7 Å². The van der Waals surface area contributed by atoms with Gasteiger partial charge in [-0.3, -0.25) is 9.59 Å². The van der Waals surface area contributed by atoms with Gasteiger partial charge in [0.25, 0.3) is 0 Å². The maximum absolute atomic E-state index is 11.6. The summed E-state index contributed by atoms with van der Waals surface area (Å²) in [6.07, 6.45) is -0.343. The number of hydroxylamine groups is 2. The van der Waals surface area contributed by atoms with Gasteiger partial charge in [-0.25, -0.2) is 0 Å². The smallest absolute Gasteiger partial charge is 0.231 e. The zero-order valence-electron chi connectivity index (χ0n) is 13.6. The third kappa shape index (κ3) is 10.5. The average molecular weight is 371 g/mol. The number of carbonyl (C=O) groups is 2. The molecule has 9 nitrogen and oxygen atoms in total. The first-order valence-electron chi connectivity index (χ1n) is 7.71. The maximum atomic E-state index is 11.6. The summed E-state index contributed by atoms with van der Waals surface area (Å²) in [5.74, 6) is -0.608. The Morgan fingerprint density at radius 2 is 1.84 bits per heavy atom. The molecule has 0 aliphatic carbocycles. The van der Waals surface area contributed by atoms with Crippen LogP contribution in [0.25, 0.3) is 0 Å². The molecular formula is C15H20N2O7P-3. The topological polar surface area (TPSA) is 145 Å². The number of nitrogens with one attached hydrogen (secondary N) is 1. The molecule has 0 aliphatic rings. The van der Waals surface area contributed by atoms with Crippen molar-refractivity contribution in [2.24, 2.45) is 0 Å². The van der Waals surface area contributed by atoms with Gasteiger partial charge in [-0.2, -0.15) is 0 Å². The van der Waals surface area contributed by atoms with Crippen LogP contribution in [-0.2, 0) is 14.2 Å². The molecule has 1 N–H and O–H groups in total. The molecule has 25 heavy (non-hydrogen) atoms. The molecule has 2 amide bonds. The standard InChI is InChI=1S/C15H22N2O7P/c18-14(8-4-10-24-13-6-2-1-3-7-13)16-12-15(19)17(20)9-5-11-25(21,22)23/h1-3,6-7H,4-5,8-12H2,(H,16,18)(H2,21,22,23)/q-1/p-2. The van der Waals surface area contributed by atoms with Crippen LogP contribution in [0.4, 0.5) is 0 Å². The molecule has 0 saturated heterocycles. The van der Waals surface area contributed by atoms with Gasteiger partial charge < -0.3 is 34.7 Å². The van der Waals surface area contributed by atoms with E-state index >= 15 is 0 Å². The van der Waals surface area contributed by atoms with Gasteiger partial charge in [-0.1, -0.05) is 25.8 Å². The van der Waals surface area contributed by atoms with Crippen LogP contribution >= 0.6 is 7.60 Å². The lowest BCUT2D eigenvalue weighted by molar-refractivity contribution is -0.313. The van der Waals surface area contributed by atoms with E-state index in [-0.39, 0.29) is 17.9 Å². The Morgan fingerprint density at radius 1 is 1.16 bits per heavy atom. The van der Waals surface area contributed by atoms with Gasteiger partial charge in [-0.15, -0.1) is 0 Å². The molecule has 140 valence electrons. The molecule has 0 aliphatic heterocycles. The van der Waals surface area contributed by atoms with E-state index in [2.05, 4.69) is 5.32 Å². The summed E-state index contributed by atoms with van der Waals surface area (Å²) < 4.78 is 15.8. The van der Waals surface area contributed by atoms with Gasteiger partial charge >= 0.3 is 0 Å². The molecule has 0 saturated carbocycles. The van der Waals surface area contributed by atoms with E-state index in [9.17, 15) is 29.1 Å². The summed E-state index contributed by atoms with van der Waals surface area (Å²) in [6, 6.07) is 9.10. The molecule has 0 atom stereocenters. The van der Waals surface area contributed by atoms with Crippen molar-refractivity contribution >= 4 is 19.4 Å². The lowest BCUT2D eigenvalue weighted by atomic mass is 10.3. The van der Waals surface area contributed by atoms with E-state index in [1.807, 2.05) is 18.2 Å². The van der Waals surface area contributed by atoms with E-state index in [0.29, 0.717) is 18.8 Å². The van der Waals surface area contributed by atoms with Gasteiger partial charge in [0.05, 0.1) is 13.2 Å². The van der Waals surface area contributed by atoms with Crippen molar-refractivity contribution in [1.82, 2.24) is 10.4 Å². The summed E-state index contributed by atoms with van der Waals surface area (Å²) in [5.41, 5.74) is 0. The first-order valence-corrected chi connectivity index (χ1v) is 9.44. The Labute approximate surface area is 145 Å². The van der Waals surface area contributed by atoms with Crippen LogP contribution in [0.5, 0.6) is 5.75 Å². The fraction of sp³-hybridized carbons (Fsp3) is 0.467. The minimum absolute atomic E-state index is 0.0362. The second-order valence-electron chi connectivity index (χ2n) is 5.23. The van der Waals surface area contributed by atoms with Crippen molar-refractivity contribution in [1.29, 1.82) is 0 Å². The third-order valence-corrected chi connectivity index (χ3v) is 3.93. The number of benzene rings is 1. The van der Waals surface area contributed by atoms with E-state index in [1.54, 1.807) is 12.1 Å². The van der Waals surface area contributed by atoms with Crippen LogP contribution in [0.1, 0.15) is 19.3 Å². The lowest BCUT2D eigenvalue weighted by Gasteiger charge is -2.33. The largest absolute Gasteiger partial charge is 0.811 e. The fourth-order valence-corrected chi connectivity index (χ4v) is 2.35. The molecule has 0 radical (unpaired) electrons. The van der Waals surface area contributed by atoms with Crippen LogP contribution in [-0.4, -0.2) is 42.7 Å². The summed E-state index contributed by atoms with van der Waals surface area (Å²) >= 11 is 0. The van der Waals surface area contributed by atoms with E-state index in [1.165, 1.54) is 0 Å². The number of amides is 2. The Balaban J connectivity index is 2.11. The molecule has 0 aromatic heterocycles. The zero-order chi connectivity index (χ0) is 18.7. The molecule has 10 heteroatoms. The molecule has 0 spiro atoms. The van der Waals surface area contributed by atoms with Crippen LogP contribution in [0.2, 0.25) is 0 Å². The summed E-state index contributed by atoms with van der Waals surface area (Å²) in [6.45, 7) is -0.550. The highest BCUT2D eigenvalue weighted by atomic mass is 31.2. The van der Waals surface area contributed by atoms with Crippen LogP contribution in [0.3, 0.4) is 0 Å². The quantitative estimate of drug-likeness (QED) is 0.316. The Kier molecular flexibility index (Phi) is 9.15. The Hall–Kier alpha value is -1.93. The molecule has 1 rings (SSSR count). The molecule has 0 unspecified atom stereocenters. The highest BCUT2D eigenvalue weighted by Crippen LogP contribution is 2.23. The van der Waals surface area contributed by atoms with Crippen LogP contribution in [0, 0.1) is 5.21 Å². The minimum atomic E-state index is -4.68. The van der Waals surface area contributed by atoms with Crippen LogP contribution in [0.15, 0.2) is 30.3 Å². The van der Waals surface area contributed by atoms with Gasteiger partial charge in [0.2, 0.25) is 11.8 Å². The summed E-state index contributed by atoms with van der Waals surface area (Å²) in [5, 5.41) is 13.7. The van der Waals surface area contributed by atoms with Crippen molar-refractivity contribution in [3.05, 3.63) is 35.5 Å². The van der Waals surface area contributed by atoms with E-state index in [4.69, 9.17) is 4.74 Å². The van der Waals surface area contributed by atoms with Crippen molar-refractivity contribution in [3.8, 4) is 5.75 Å². The number of carbonyl (C=O) groups excluding carboxylic acids is 2. The highest BCUT2D eigenvalue weighted by molar-refractivity contribution is 7.48. The number of rotatable bonds is 11. The number of hydrogen-bond donors (Lipinski definition) is 1. The molecular weight excluding hydrogens is 351 g/mol. The van der Waals surface area contributed by atoms with Gasteiger partial charge in [0.1, 0.15) is 5.75 Å². The van der Waals surface area contributed by atoms with Gasteiger partial charge in [0.15, 0.2) is 0 Å². The zero-order valence-corrected chi connectivity index (χ0v) is 14.5. The fourth-order valence-electron chi connectivity index (χ4n) is 1.82. The van der Waals surface area contributed by atoms with Crippen molar-refractivity contribution < 1.29 is 28.7 Å². The highest BCUT2D eigenvalue weighted by Gasteiger charge is 2.07. The first-order chi connectivity index (χ1) is 11.8. The minimum Gasteiger partial charge on any atom is -0.811 e. The van der Waals surface area contributed by atoms with Crippen LogP contribution < -0.4 is 19.8 Å². The molecule has 0 bridgehead atoms. The van der Waals surface area contributed by atoms with Gasteiger partial charge in [-0.05, 0) is 31.1 Å². The average Bonchev–Trinajstić information content (AvgIpc) is 2.56. The monoisotopic (exact) mass is 371 g/mol. The first kappa shape index (κ1) is 21.1. The molecule has 1 aromatic rings. The SMILES string of the molecule is O=C(CCCOc1ccccc1)NCC(=O)N([O-])CCCP(=O)([O-])[O-]. The molecule has 0 fully saturated rings. The molecule has 1 aromatic carbocycles. The van der Waals surface area contributed by atoms with Crippen molar-refractivity contribution in [2.75, 3.05) is 25.9 Å². The van der Waals surface area contributed by atoms with Gasteiger partial charge in [0, 0.05) is 13.0 Å². The van der Waals surface area contributed by atoms with Crippen molar-refractivity contribution in [2.45, 2.75) is 19.3 Å². The lowest BCUT2D eigenvalue weighted by Crippen LogP contribution is -2.38. The number of hydrogen-bond acceptors (Lipinski definition) is 7. The Morgan fingerprint density at radius 3 is 2.48 bits per heavy atom.